The van der Waals surface area contributed by atoms with E-state index in [2.05, 4.69) is 16.3 Å². The van der Waals surface area contributed by atoms with Crippen LogP contribution in [0.2, 0.25) is 0 Å². The smallest absolute Gasteiger partial charge is 0.235 e. The average molecular weight is 250 g/mol. The SMILES string of the molecule is N#CC1(NC(=O)CN2CC[C@H](N)C2)CCCCC1. The number of amides is 1. The molecule has 1 saturated heterocycles. The summed E-state index contributed by atoms with van der Waals surface area (Å²) in [6.45, 7) is 2.04. The number of nitrogens with one attached hydrogen (secondary N) is 1. The van der Waals surface area contributed by atoms with Crippen LogP contribution in [0.25, 0.3) is 0 Å². The number of carbonyl (C=O) groups excluding carboxylic acids is 1. The van der Waals surface area contributed by atoms with E-state index in [0.29, 0.717) is 6.54 Å². The van der Waals surface area contributed by atoms with Crippen LogP contribution in [0.15, 0.2) is 0 Å². The Morgan fingerprint density at radius 2 is 2.17 bits per heavy atom. The van der Waals surface area contributed by atoms with Gasteiger partial charge in [0.15, 0.2) is 0 Å². The molecule has 5 heteroatoms. The molecular weight excluding hydrogens is 228 g/mol. The molecule has 0 unspecified atom stereocenters. The Kier molecular flexibility index (Phi) is 4.20. The van der Waals surface area contributed by atoms with Gasteiger partial charge in [-0.25, -0.2) is 0 Å². The minimum Gasteiger partial charge on any atom is -0.337 e. The van der Waals surface area contributed by atoms with Crippen molar-refractivity contribution in [2.24, 2.45) is 5.73 Å². The van der Waals surface area contributed by atoms with Gasteiger partial charge in [-0.1, -0.05) is 19.3 Å². The quantitative estimate of drug-likeness (QED) is 0.758. The number of likely N-dealkylation sites (tertiary alicyclic amines) is 1. The first-order chi connectivity index (χ1) is 8.63. The molecule has 2 aliphatic rings. The molecular formula is C13H22N4O. The van der Waals surface area contributed by atoms with Gasteiger partial charge in [0.05, 0.1) is 12.6 Å². The lowest BCUT2D eigenvalue weighted by atomic mass is 9.83. The minimum absolute atomic E-state index is 0.0347. The zero-order valence-electron chi connectivity index (χ0n) is 10.8. The van der Waals surface area contributed by atoms with E-state index in [4.69, 9.17) is 5.73 Å². The number of rotatable bonds is 3. The lowest BCUT2D eigenvalue weighted by molar-refractivity contribution is -0.123. The van der Waals surface area contributed by atoms with Crippen LogP contribution in [-0.4, -0.2) is 42.0 Å². The molecule has 0 aromatic rings. The van der Waals surface area contributed by atoms with Gasteiger partial charge < -0.3 is 11.1 Å². The Balaban J connectivity index is 1.84. The van der Waals surface area contributed by atoms with Crippen LogP contribution in [0.1, 0.15) is 38.5 Å². The second-order valence-corrected chi connectivity index (χ2v) is 5.59. The van der Waals surface area contributed by atoms with Gasteiger partial charge in [0, 0.05) is 19.1 Å². The molecule has 1 heterocycles. The fraction of sp³-hybridized carbons (Fsp3) is 0.846. The lowest BCUT2D eigenvalue weighted by Gasteiger charge is -2.32. The van der Waals surface area contributed by atoms with Crippen molar-refractivity contribution in [1.29, 1.82) is 5.26 Å². The number of nitrogens with zero attached hydrogens (tertiary/aromatic N) is 2. The van der Waals surface area contributed by atoms with E-state index in [1.807, 2.05) is 0 Å². The highest BCUT2D eigenvalue weighted by atomic mass is 16.2. The summed E-state index contributed by atoms with van der Waals surface area (Å²) in [6.07, 6.45) is 5.76. The van der Waals surface area contributed by atoms with Gasteiger partial charge in [0.2, 0.25) is 5.91 Å². The van der Waals surface area contributed by atoms with Crippen molar-refractivity contribution in [2.45, 2.75) is 50.1 Å². The summed E-state index contributed by atoms with van der Waals surface area (Å²) in [4.78, 5) is 14.1. The fourth-order valence-corrected chi connectivity index (χ4v) is 2.94. The highest BCUT2D eigenvalue weighted by Gasteiger charge is 2.34. The fourth-order valence-electron chi connectivity index (χ4n) is 2.94. The van der Waals surface area contributed by atoms with Gasteiger partial charge in [-0.05, 0) is 19.3 Å². The van der Waals surface area contributed by atoms with Crippen molar-refractivity contribution in [1.82, 2.24) is 10.2 Å². The molecule has 3 N–H and O–H groups in total. The third-order valence-corrected chi connectivity index (χ3v) is 3.98. The summed E-state index contributed by atoms with van der Waals surface area (Å²) in [6, 6.07) is 2.50. The third-order valence-electron chi connectivity index (χ3n) is 3.98. The Bertz CT molecular complexity index is 343. The molecule has 1 saturated carbocycles. The van der Waals surface area contributed by atoms with Crippen molar-refractivity contribution in [3.63, 3.8) is 0 Å². The molecule has 2 fully saturated rings. The molecule has 18 heavy (non-hydrogen) atoms. The van der Waals surface area contributed by atoms with Crippen LogP contribution < -0.4 is 11.1 Å². The molecule has 1 aliphatic heterocycles. The molecule has 0 radical (unpaired) electrons. The highest BCUT2D eigenvalue weighted by Crippen LogP contribution is 2.27. The van der Waals surface area contributed by atoms with Gasteiger partial charge in [-0.3, -0.25) is 9.69 Å². The molecule has 1 amide bonds. The maximum absolute atomic E-state index is 12.0. The minimum atomic E-state index is -0.614. The Morgan fingerprint density at radius 1 is 1.44 bits per heavy atom. The maximum atomic E-state index is 12.0. The second-order valence-electron chi connectivity index (χ2n) is 5.59. The van der Waals surface area contributed by atoms with Crippen LogP contribution in [0, 0.1) is 11.3 Å². The lowest BCUT2D eigenvalue weighted by Crippen LogP contribution is -2.51. The van der Waals surface area contributed by atoms with Crippen molar-refractivity contribution < 1.29 is 4.79 Å². The predicted molar refractivity (Wildman–Crippen MR) is 68.6 cm³/mol. The standard InChI is InChI=1S/C13H22N4O/c14-10-13(5-2-1-3-6-13)16-12(18)9-17-7-4-11(15)8-17/h11H,1-9,15H2,(H,16,18)/t11-/m0/s1. The first kappa shape index (κ1) is 13.3. The maximum Gasteiger partial charge on any atom is 0.235 e. The summed E-state index contributed by atoms with van der Waals surface area (Å²) >= 11 is 0. The van der Waals surface area contributed by atoms with Crippen molar-refractivity contribution in [3.05, 3.63) is 0 Å². The van der Waals surface area contributed by atoms with Crippen molar-refractivity contribution in [2.75, 3.05) is 19.6 Å². The molecule has 1 aliphatic carbocycles. The van der Waals surface area contributed by atoms with E-state index in [9.17, 15) is 10.1 Å². The van der Waals surface area contributed by atoms with Crippen molar-refractivity contribution in [3.8, 4) is 6.07 Å². The zero-order valence-corrected chi connectivity index (χ0v) is 10.8. The van der Waals surface area contributed by atoms with Crippen LogP contribution >= 0.6 is 0 Å². The average Bonchev–Trinajstić information content (AvgIpc) is 2.75. The molecule has 100 valence electrons. The summed E-state index contributed by atoms with van der Waals surface area (Å²) in [7, 11) is 0. The van der Waals surface area contributed by atoms with E-state index in [-0.39, 0.29) is 11.9 Å². The Morgan fingerprint density at radius 3 is 2.72 bits per heavy atom. The number of nitriles is 1. The van der Waals surface area contributed by atoms with Gasteiger partial charge >= 0.3 is 0 Å². The van der Waals surface area contributed by atoms with E-state index >= 15 is 0 Å². The molecule has 2 rings (SSSR count). The molecule has 0 bridgehead atoms. The van der Waals surface area contributed by atoms with Gasteiger partial charge in [0.25, 0.3) is 0 Å². The molecule has 1 atom stereocenters. The molecule has 0 spiro atoms. The number of carbonyl (C=O) groups is 1. The summed E-state index contributed by atoms with van der Waals surface area (Å²) in [5, 5.41) is 12.2. The van der Waals surface area contributed by atoms with Crippen LogP contribution in [-0.2, 0) is 4.79 Å². The number of hydrogen-bond donors (Lipinski definition) is 2. The summed E-state index contributed by atoms with van der Waals surface area (Å²) in [5.41, 5.74) is 5.20. The largest absolute Gasteiger partial charge is 0.337 e. The van der Waals surface area contributed by atoms with Gasteiger partial charge in [0.1, 0.15) is 5.54 Å². The first-order valence-corrected chi connectivity index (χ1v) is 6.84. The topological polar surface area (TPSA) is 82.2 Å². The monoisotopic (exact) mass is 250 g/mol. The molecule has 0 aromatic heterocycles. The number of nitrogens with two attached hydrogens (primary N) is 1. The first-order valence-electron chi connectivity index (χ1n) is 6.84. The van der Waals surface area contributed by atoms with Crippen LogP contribution in [0.5, 0.6) is 0 Å². The molecule has 5 nitrogen and oxygen atoms in total. The van der Waals surface area contributed by atoms with Gasteiger partial charge in [-0.15, -0.1) is 0 Å². The van der Waals surface area contributed by atoms with E-state index in [0.717, 1.165) is 45.2 Å². The third kappa shape index (κ3) is 3.21. The summed E-state index contributed by atoms with van der Waals surface area (Å²) < 4.78 is 0. The van der Waals surface area contributed by atoms with Gasteiger partial charge in [-0.2, -0.15) is 5.26 Å². The van der Waals surface area contributed by atoms with E-state index < -0.39 is 5.54 Å². The number of hydrogen-bond acceptors (Lipinski definition) is 4. The predicted octanol–water partition coefficient (Wildman–Crippen LogP) is 0.362. The van der Waals surface area contributed by atoms with E-state index in [1.54, 1.807) is 0 Å². The van der Waals surface area contributed by atoms with Crippen LogP contribution in [0.4, 0.5) is 0 Å². The zero-order chi connectivity index (χ0) is 13.0. The second kappa shape index (κ2) is 5.68. The molecule has 0 aromatic carbocycles. The van der Waals surface area contributed by atoms with E-state index in [1.165, 1.54) is 6.42 Å². The van der Waals surface area contributed by atoms with Crippen LogP contribution in [0.3, 0.4) is 0 Å². The normalized spacial score (nSPS) is 27.7. The highest BCUT2D eigenvalue weighted by molar-refractivity contribution is 5.79. The Hall–Kier alpha value is -1.12. The summed E-state index contributed by atoms with van der Waals surface area (Å²) in [5.74, 6) is -0.0347. The van der Waals surface area contributed by atoms with Crippen molar-refractivity contribution >= 4 is 5.91 Å². The Labute approximate surface area is 108 Å².